The molecule has 0 saturated heterocycles. The van der Waals surface area contributed by atoms with Crippen LogP contribution in [-0.2, 0) is 0 Å². The average Bonchev–Trinajstić information content (AvgIpc) is 2.05. The lowest BCUT2D eigenvalue weighted by Gasteiger charge is -1.98. The number of halogens is 1. The van der Waals surface area contributed by atoms with E-state index in [-0.39, 0.29) is 12.4 Å². The molecule has 0 aliphatic carbocycles. The average molecular weight is 192 g/mol. The van der Waals surface area contributed by atoms with E-state index in [1.807, 2.05) is 18.4 Å². The third-order valence-electron chi connectivity index (χ3n) is 1.11. The number of thioether (sulfide) groups is 1. The summed E-state index contributed by atoms with van der Waals surface area (Å²) in [5, 5.41) is 0.999. The molecule has 5 heteroatoms. The Balaban J connectivity index is 0.000001000. The van der Waals surface area contributed by atoms with Gasteiger partial charge < -0.3 is 5.43 Å². The minimum atomic E-state index is 0. The van der Waals surface area contributed by atoms with Crippen molar-refractivity contribution in [1.82, 2.24) is 4.98 Å². The van der Waals surface area contributed by atoms with Crippen LogP contribution in [-0.4, -0.2) is 11.2 Å². The van der Waals surface area contributed by atoms with Gasteiger partial charge in [-0.1, -0.05) is 0 Å². The van der Waals surface area contributed by atoms with Gasteiger partial charge >= 0.3 is 0 Å². The van der Waals surface area contributed by atoms with Crippen LogP contribution in [0.1, 0.15) is 0 Å². The molecule has 0 fully saturated rings. The molecular formula is C6H10ClN3S. The smallest absolute Gasteiger partial charge is 0.0958 e. The maximum absolute atomic E-state index is 5.14. The van der Waals surface area contributed by atoms with Gasteiger partial charge in [-0.3, -0.25) is 5.84 Å². The Kier molecular flexibility index (Phi) is 5.02. The predicted octanol–water partition coefficient (Wildman–Crippen LogP) is 1.51. The third-order valence-corrected chi connectivity index (χ3v) is 1.77. The molecule has 3 nitrogen and oxygen atoms in total. The fourth-order valence-electron chi connectivity index (χ4n) is 0.586. The van der Waals surface area contributed by atoms with Crippen LogP contribution in [0.3, 0.4) is 0 Å². The van der Waals surface area contributed by atoms with E-state index in [2.05, 4.69) is 10.4 Å². The molecule has 62 valence electrons. The van der Waals surface area contributed by atoms with Crippen molar-refractivity contribution in [2.24, 2.45) is 5.84 Å². The van der Waals surface area contributed by atoms with Crippen LogP contribution < -0.4 is 11.3 Å². The van der Waals surface area contributed by atoms with Gasteiger partial charge in [0.15, 0.2) is 0 Å². The van der Waals surface area contributed by atoms with E-state index in [9.17, 15) is 0 Å². The molecule has 0 atom stereocenters. The summed E-state index contributed by atoms with van der Waals surface area (Å²) in [6.45, 7) is 0. The highest BCUT2D eigenvalue weighted by Gasteiger charge is 1.89. The second-order valence-electron chi connectivity index (χ2n) is 1.73. The van der Waals surface area contributed by atoms with E-state index >= 15 is 0 Å². The molecule has 11 heavy (non-hydrogen) atoms. The first-order valence-corrected chi connectivity index (χ1v) is 4.06. The largest absolute Gasteiger partial charge is 0.323 e. The quantitative estimate of drug-likeness (QED) is 0.423. The van der Waals surface area contributed by atoms with E-state index in [1.165, 1.54) is 0 Å². The van der Waals surface area contributed by atoms with Crippen LogP contribution in [0.2, 0.25) is 0 Å². The minimum Gasteiger partial charge on any atom is -0.323 e. The molecule has 0 saturated carbocycles. The Labute approximate surface area is 76.2 Å². The zero-order valence-electron chi connectivity index (χ0n) is 6.07. The number of nitrogens with zero attached hydrogens (tertiary/aromatic N) is 1. The van der Waals surface area contributed by atoms with Crippen LogP contribution >= 0.6 is 24.2 Å². The Morgan fingerprint density at radius 3 is 2.64 bits per heavy atom. The predicted molar refractivity (Wildman–Crippen MR) is 51.1 cm³/mol. The number of rotatable bonds is 2. The molecule has 0 aliphatic rings. The summed E-state index contributed by atoms with van der Waals surface area (Å²) in [5.74, 6) is 5.14. The molecule has 0 spiro atoms. The number of anilines is 1. The molecule has 1 heterocycles. The minimum absolute atomic E-state index is 0. The molecule has 0 aromatic carbocycles. The van der Waals surface area contributed by atoms with Gasteiger partial charge in [0.25, 0.3) is 0 Å². The second kappa shape index (κ2) is 5.23. The summed E-state index contributed by atoms with van der Waals surface area (Å²) in [6, 6.07) is 3.80. The van der Waals surface area contributed by atoms with Crippen molar-refractivity contribution < 1.29 is 0 Å². The first-order valence-electron chi connectivity index (χ1n) is 2.83. The maximum atomic E-state index is 5.14. The van der Waals surface area contributed by atoms with Crippen LogP contribution in [0, 0.1) is 0 Å². The van der Waals surface area contributed by atoms with E-state index < -0.39 is 0 Å². The van der Waals surface area contributed by atoms with Gasteiger partial charge in [-0.25, -0.2) is 4.98 Å². The Morgan fingerprint density at radius 2 is 2.27 bits per heavy atom. The van der Waals surface area contributed by atoms with E-state index in [4.69, 9.17) is 5.84 Å². The molecule has 1 aromatic heterocycles. The highest BCUT2D eigenvalue weighted by Crippen LogP contribution is 2.12. The first kappa shape index (κ1) is 10.6. The van der Waals surface area contributed by atoms with Gasteiger partial charge in [0.2, 0.25) is 0 Å². The molecule has 0 amide bonds. The molecule has 0 radical (unpaired) electrons. The van der Waals surface area contributed by atoms with Gasteiger partial charge in [0.05, 0.1) is 16.9 Å². The van der Waals surface area contributed by atoms with Crippen LogP contribution in [0.15, 0.2) is 23.4 Å². The van der Waals surface area contributed by atoms with Crippen molar-refractivity contribution in [1.29, 1.82) is 0 Å². The highest BCUT2D eigenvalue weighted by molar-refractivity contribution is 7.98. The SMILES string of the molecule is CSc1ccc(NN)cn1.Cl. The summed E-state index contributed by atoms with van der Waals surface area (Å²) in [7, 11) is 0. The number of pyridine rings is 1. The maximum Gasteiger partial charge on any atom is 0.0958 e. The fraction of sp³-hybridized carbons (Fsp3) is 0.167. The number of nitrogens with one attached hydrogen (secondary N) is 1. The van der Waals surface area contributed by atoms with Gasteiger partial charge in [-0.2, -0.15) is 0 Å². The van der Waals surface area contributed by atoms with Crippen molar-refractivity contribution in [3.05, 3.63) is 18.3 Å². The van der Waals surface area contributed by atoms with Crippen LogP contribution in [0.25, 0.3) is 0 Å². The monoisotopic (exact) mass is 191 g/mol. The Bertz CT molecular complexity index is 178. The lowest BCUT2D eigenvalue weighted by Crippen LogP contribution is -2.06. The Morgan fingerprint density at radius 1 is 1.55 bits per heavy atom. The molecule has 0 aliphatic heterocycles. The van der Waals surface area contributed by atoms with Crippen LogP contribution in [0.4, 0.5) is 5.69 Å². The lowest BCUT2D eigenvalue weighted by atomic mass is 10.4. The summed E-state index contributed by atoms with van der Waals surface area (Å²) >= 11 is 1.61. The topological polar surface area (TPSA) is 50.9 Å². The second-order valence-corrected chi connectivity index (χ2v) is 2.56. The number of hydrazine groups is 1. The third kappa shape index (κ3) is 2.96. The number of nitrogens with two attached hydrogens (primary N) is 1. The fourth-order valence-corrected chi connectivity index (χ4v) is 0.949. The van der Waals surface area contributed by atoms with E-state index in [0.29, 0.717) is 0 Å². The van der Waals surface area contributed by atoms with Gasteiger partial charge in [0, 0.05) is 0 Å². The van der Waals surface area contributed by atoms with E-state index in [0.717, 1.165) is 10.7 Å². The molecule has 1 aromatic rings. The first-order chi connectivity index (χ1) is 4.86. The number of hydrogen-bond acceptors (Lipinski definition) is 4. The number of hydrogen-bond donors (Lipinski definition) is 2. The van der Waals surface area contributed by atoms with Crippen molar-refractivity contribution >= 4 is 29.9 Å². The standard InChI is InChI=1S/C6H9N3S.ClH/c1-10-6-3-2-5(9-7)4-8-6;/h2-4,9H,7H2,1H3;1H. The van der Waals surface area contributed by atoms with Crippen molar-refractivity contribution in [2.45, 2.75) is 5.03 Å². The summed E-state index contributed by atoms with van der Waals surface area (Å²) in [6.07, 6.45) is 3.68. The molecule has 1 rings (SSSR count). The zero-order valence-corrected chi connectivity index (χ0v) is 7.71. The Hall–Kier alpha value is -0.450. The summed E-state index contributed by atoms with van der Waals surface area (Å²) in [5.41, 5.74) is 3.34. The molecule has 0 unspecified atom stereocenters. The summed E-state index contributed by atoms with van der Waals surface area (Å²) < 4.78 is 0. The van der Waals surface area contributed by atoms with Crippen molar-refractivity contribution in [3.8, 4) is 0 Å². The highest BCUT2D eigenvalue weighted by atomic mass is 35.5. The number of nitrogen functional groups attached to an aromatic ring is 1. The number of aromatic nitrogens is 1. The molecule has 0 bridgehead atoms. The van der Waals surface area contributed by atoms with Crippen molar-refractivity contribution in [3.63, 3.8) is 0 Å². The zero-order chi connectivity index (χ0) is 7.40. The van der Waals surface area contributed by atoms with Gasteiger partial charge in [0.1, 0.15) is 0 Å². The van der Waals surface area contributed by atoms with Gasteiger partial charge in [-0.15, -0.1) is 24.2 Å². The van der Waals surface area contributed by atoms with E-state index in [1.54, 1.807) is 18.0 Å². The normalized spacial score (nSPS) is 8.55. The van der Waals surface area contributed by atoms with Crippen molar-refractivity contribution in [2.75, 3.05) is 11.7 Å². The summed E-state index contributed by atoms with van der Waals surface area (Å²) in [4.78, 5) is 4.09. The lowest BCUT2D eigenvalue weighted by molar-refractivity contribution is 1.13. The molecule has 3 N–H and O–H groups in total. The molecular weight excluding hydrogens is 182 g/mol. The van der Waals surface area contributed by atoms with Gasteiger partial charge in [-0.05, 0) is 18.4 Å². The van der Waals surface area contributed by atoms with Crippen LogP contribution in [0.5, 0.6) is 0 Å².